The number of piperidine rings is 2. The number of anilines is 2. The van der Waals surface area contributed by atoms with E-state index in [4.69, 9.17) is 9.47 Å². The van der Waals surface area contributed by atoms with Crippen LogP contribution in [0.3, 0.4) is 0 Å². The summed E-state index contributed by atoms with van der Waals surface area (Å²) in [5.41, 5.74) is 0.535. The Bertz CT molecular complexity index is 2630. The summed E-state index contributed by atoms with van der Waals surface area (Å²) in [6.45, 7) is 4.77. The second-order valence-electron chi connectivity index (χ2n) is 18.1. The number of hydrogen-bond donors (Lipinski definition) is 4. The summed E-state index contributed by atoms with van der Waals surface area (Å²) in [4.78, 5) is 33.3. The van der Waals surface area contributed by atoms with Crippen LogP contribution in [0.15, 0.2) is 59.7 Å². The molecule has 4 aromatic rings. The molecule has 340 valence electrons. The van der Waals surface area contributed by atoms with E-state index in [0.717, 1.165) is 70.5 Å². The highest BCUT2D eigenvalue weighted by Gasteiger charge is 2.45. The Morgan fingerprint density at radius 1 is 0.984 bits per heavy atom. The normalized spacial score (nSPS) is 26.5. The number of aliphatic hydroxyl groups is 1. The van der Waals surface area contributed by atoms with Gasteiger partial charge in [0.05, 0.1) is 41.2 Å². The topological polar surface area (TPSA) is 191 Å². The molecule has 4 aliphatic heterocycles. The fraction of sp³-hybridized carbons (Fsp3) is 0.522. The lowest BCUT2D eigenvalue weighted by Crippen LogP contribution is -2.49. The third-order valence-electron chi connectivity index (χ3n) is 14.2. The van der Waals surface area contributed by atoms with Gasteiger partial charge in [0, 0.05) is 37.9 Å². The van der Waals surface area contributed by atoms with Crippen molar-refractivity contribution in [1.82, 2.24) is 24.1 Å². The molecule has 4 saturated heterocycles. The first-order chi connectivity index (χ1) is 30.8. The number of aromatic nitrogens is 2. The van der Waals surface area contributed by atoms with Crippen LogP contribution < -0.4 is 25.7 Å². The maximum absolute atomic E-state index is 15.4. The van der Waals surface area contributed by atoms with Gasteiger partial charge < -0.3 is 30.1 Å². The minimum atomic E-state index is -4.01. The molecule has 0 radical (unpaired) electrons. The number of carbonyl (C=O) groups excluding carboxylic acids is 1. The molecule has 15 nitrogen and oxygen atoms in total. The molecule has 4 N–H and O–H groups in total. The van der Waals surface area contributed by atoms with Crippen molar-refractivity contribution >= 4 is 38.4 Å². The number of carbonyl (C=O) groups is 1. The number of aliphatic hydroxyl groups excluding tert-OH is 1. The third-order valence-corrected chi connectivity index (χ3v) is 15.7. The highest BCUT2D eigenvalue weighted by Crippen LogP contribution is 2.43. The van der Waals surface area contributed by atoms with Gasteiger partial charge in [0.25, 0.3) is 5.56 Å². The fourth-order valence-electron chi connectivity index (χ4n) is 10.4. The number of amides is 1. The van der Waals surface area contributed by atoms with Gasteiger partial charge in [-0.15, -0.1) is 0 Å². The molecule has 1 aliphatic carbocycles. The Kier molecular flexibility index (Phi) is 12.4. The van der Waals surface area contributed by atoms with Gasteiger partial charge in [-0.1, -0.05) is 19.4 Å². The molecule has 1 saturated carbocycles. The lowest BCUT2D eigenvalue weighted by molar-refractivity contribution is -0.127. The minimum Gasteiger partial charge on any atom is -0.453 e. The number of hydrogen-bond acceptors (Lipinski definition) is 11. The Labute approximate surface area is 370 Å². The number of benzene rings is 3. The second-order valence-corrected chi connectivity index (χ2v) is 19.8. The van der Waals surface area contributed by atoms with Crippen LogP contribution in [0, 0.1) is 28.9 Å². The molecule has 1 aromatic heterocycles. The molecule has 1 spiro atoms. The zero-order chi connectivity index (χ0) is 44.8. The molecule has 3 aromatic carbocycles. The van der Waals surface area contributed by atoms with Crippen molar-refractivity contribution in [3.63, 3.8) is 0 Å². The number of ether oxygens (including phenoxy) is 2. The van der Waals surface area contributed by atoms with E-state index in [-0.39, 0.29) is 63.1 Å². The van der Waals surface area contributed by atoms with Crippen LogP contribution in [0.2, 0.25) is 0 Å². The molecule has 2 unspecified atom stereocenters. The van der Waals surface area contributed by atoms with Gasteiger partial charge in [0.1, 0.15) is 35.5 Å². The van der Waals surface area contributed by atoms with E-state index < -0.39 is 34.0 Å². The van der Waals surface area contributed by atoms with E-state index in [2.05, 4.69) is 25.2 Å². The maximum Gasteiger partial charge on any atom is 0.301 e. The van der Waals surface area contributed by atoms with Gasteiger partial charge >= 0.3 is 10.2 Å². The first-order valence-electron chi connectivity index (χ1n) is 22.4. The van der Waals surface area contributed by atoms with E-state index in [0.29, 0.717) is 61.8 Å². The molecular formula is C46H54F2N8O7S. The van der Waals surface area contributed by atoms with E-state index in [1.54, 1.807) is 10.6 Å². The van der Waals surface area contributed by atoms with Gasteiger partial charge in [-0.3, -0.25) is 18.9 Å². The lowest BCUT2D eigenvalue weighted by atomic mass is 9.79. The number of nitriles is 1. The summed E-state index contributed by atoms with van der Waals surface area (Å²) in [6.07, 6.45) is 9.13. The van der Waals surface area contributed by atoms with Crippen LogP contribution in [0.1, 0.15) is 101 Å². The zero-order valence-corrected chi connectivity index (χ0v) is 36.6. The summed E-state index contributed by atoms with van der Waals surface area (Å²) in [7, 11) is -4.01. The van der Waals surface area contributed by atoms with Gasteiger partial charge in [-0.05, 0) is 124 Å². The van der Waals surface area contributed by atoms with Gasteiger partial charge in [-0.25, -0.2) is 13.8 Å². The van der Waals surface area contributed by atoms with E-state index in [1.165, 1.54) is 34.9 Å². The van der Waals surface area contributed by atoms with Gasteiger partial charge in [-0.2, -0.15) is 18.0 Å². The molecular weight excluding hydrogens is 847 g/mol. The van der Waals surface area contributed by atoms with E-state index in [1.807, 2.05) is 25.1 Å². The number of rotatable bonds is 11. The van der Waals surface area contributed by atoms with Crippen LogP contribution in [-0.4, -0.2) is 94.9 Å². The SMILES string of the molecule is CC[C@@H]1CCN(S(=O)(=O)Nc2ccc(F)c(Oc3ccc4ncn([C@H]5COC6(CCN(C7CCC(c8ccc(NC9CCC(O)NC9=O)cc8F)CC7)CC6)C5)c(=O)c4c3)c2C#N)C1. The lowest BCUT2D eigenvalue weighted by Gasteiger charge is -2.44. The largest absolute Gasteiger partial charge is 0.453 e. The average Bonchev–Trinajstić information content (AvgIpc) is 3.95. The standard InChI is InChI=1S/C46H54F2N8O7S/c1-2-28-15-18-55(25-28)64(60,61)53-40-12-10-37(47)43(36(40)24-49)63-33-8-11-39-35(22-33)45(59)56(27-50-39)32-23-46(62-26-32)16-19-54(20-17-46)31-6-3-29(4-7-31)34-9-5-30(21-38(34)48)51-41-13-14-42(57)52-44(41)58/h5,8-12,21-22,27-29,31-32,41-42,51,53,57H,2-4,6-7,13-20,23,25-26H2,1H3,(H,52,58)/t28-,29?,31?,32-,41?,42?/m1/s1. The van der Waals surface area contributed by atoms with Crippen molar-refractivity contribution in [1.29, 1.82) is 5.26 Å². The predicted octanol–water partition coefficient (Wildman–Crippen LogP) is 6.26. The molecule has 5 fully saturated rings. The fourth-order valence-corrected chi connectivity index (χ4v) is 11.8. The summed E-state index contributed by atoms with van der Waals surface area (Å²) in [5, 5.41) is 25.6. The number of nitrogens with one attached hydrogen (secondary N) is 3. The Balaban J connectivity index is 0.809. The first kappa shape index (κ1) is 44.0. The van der Waals surface area contributed by atoms with E-state index in [9.17, 15) is 28.4 Å². The summed E-state index contributed by atoms with van der Waals surface area (Å²) in [6, 6.07) is 13.4. The van der Waals surface area contributed by atoms with Gasteiger partial charge in [0.2, 0.25) is 5.91 Å². The Morgan fingerprint density at radius 3 is 2.50 bits per heavy atom. The van der Waals surface area contributed by atoms with E-state index >= 15 is 8.78 Å². The van der Waals surface area contributed by atoms with Crippen molar-refractivity contribution in [2.45, 2.75) is 113 Å². The molecule has 9 rings (SSSR count). The maximum atomic E-state index is 15.4. The van der Waals surface area contributed by atoms with Crippen LogP contribution in [0.4, 0.5) is 20.2 Å². The van der Waals surface area contributed by atoms with Gasteiger partial charge in [0.15, 0.2) is 11.6 Å². The average molecular weight is 901 g/mol. The van der Waals surface area contributed by atoms with Crippen LogP contribution in [0.5, 0.6) is 11.5 Å². The molecule has 0 bridgehead atoms. The van der Waals surface area contributed by atoms with Crippen LogP contribution >= 0.6 is 0 Å². The Morgan fingerprint density at radius 2 is 1.78 bits per heavy atom. The molecule has 64 heavy (non-hydrogen) atoms. The summed E-state index contributed by atoms with van der Waals surface area (Å²) < 4.78 is 74.8. The summed E-state index contributed by atoms with van der Waals surface area (Å²) >= 11 is 0. The summed E-state index contributed by atoms with van der Waals surface area (Å²) in [5.74, 6) is -1.46. The molecule has 4 atom stereocenters. The smallest absolute Gasteiger partial charge is 0.301 e. The number of nitrogens with zero attached hydrogens (tertiary/aromatic N) is 5. The first-order valence-corrected chi connectivity index (χ1v) is 23.9. The minimum absolute atomic E-state index is 0.0789. The molecule has 5 aliphatic rings. The molecule has 18 heteroatoms. The van der Waals surface area contributed by atoms with Crippen molar-refractivity contribution in [2.24, 2.45) is 5.92 Å². The zero-order valence-electron chi connectivity index (χ0n) is 35.8. The second kappa shape index (κ2) is 18.0. The van der Waals surface area contributed by atoms with Crippen molar-refractivity contribution < 1.29 is 36.6 Å². The quantitative estimate of drug-likeness (QED) is 0.133. The van der Waals surface area contributed by atoms with Crippen LogP contribution in [-0.2, 0) is 19.7 Å². The van der Waals surface area contributed by atoms with Crippen molar-refractivity contribution in [3.8, 4) is 17.6 Å². The van der Waals surface area contributed by atoms with Crippen molar-refractivity contribution in [2.75, 3.05) is 42.8 Å². The molecule has 5 heterocycles. The highest BCUT2D eigenvalue weighted by molar-refractivity contribution is 7.90. The van der Waals surface area contributed by atoms with Crippen LogP contribution in [0.25, 0.3) is 10.9 Å². The van der Waals surface area contributed by atoms with Crippen molar-refractivity contribution in [3.05, 3.63) is 88.0 Å². The predicted molar refractivity (Wildman–Crippen MR) is 235 cm³/mol. The third kappa shape index (κ3) is 8.92. The number of fused-ring (bicyclic) bond motifs is 1. The number of likely N-dealkylation sites (tertiary alicyclic amines) is 1. The number of halogens is 2. The molecule has 1 amide bonds. The Hall–Kier alpha value is -5.19. The highest BCUT2D eigenvalue weighted by atomic mass is 32.2. The monoisotopic (exact) mass is 900 g/mol.